The van der Waals surface area contributed by atoms with Crippen molar-refractivity contribution in [3.05, 3.63) is 167 Å². The lowest BCUT2D eigenvalue weighted by Crippen LogP contribution is -1.90. The minimum absolute atomic E-state index is 0.582. The lowest BCUT2D eigenvalue weighted by molar-refractivity contribution is 1.19. The summed E-state index contributed by atoms with van der Waals surface area (Å²) in [5.41, 5.74) is 18.3. The summed E-state index contributed by atoms with van der Waals surface area (Å²) < 4.78 is 4.47. The summed E-state index contributed by atoms with van der Waals surface area (Å²) in [6.45, 7) is 8.42. The molecule has 0 saturated heterocycles. The largest absolute Gasteiger partial charge is 0.315 e. The van der Waals surface area contributed by atoms with Gasteiger partial charge in [0.15, 0.2) is 0 Å². The quantitative estimate of drug-likeness (QED) is 0.188. The number of aryl methyl sites for hydroxylation is 4. The molecule has 4 heteroatoms. The fourth-order valence-corrected chi connectivity index (χ4v) is 7.15. The lowest BCUT2D eigenvalue weighted by Gasteiger charge is -2.13. The zero-order chi connectivity index (χ0) is 34.5. The van der Waals surface area contributed by atoms with Crippen LogP contribution < -0.4 is 0 Å². The van der Waals surface area contributed by atoms with E-state index in [1.807, 2.05) is 36.7 Å². The van der Waals surface area contributed by atoms with Crippen molar-refractivity contribution in [2.45, 2.75) is 27.7 Å². The van der Waals surface area contributed by atoms with Crippen molar-refractivity contribution >= 4 is 11.0 Å². The second kappa shape index (κ2) is 12.1. The number of aromatic nitrogens is 2. The van der Waals surface area contributed by atoms with Crippen LogP contribution in [0.1, 0.15) is 33.4 Å². The van der Waals surface area contributed by atoms with Crippen molar-refractivity contribution < 1.29 is 0 Å². The molecule has 0 amide bonds. The molecule has 0 aliphatic heterocycles. The smallest absolute Gasteiger partial charge is 0.0992 e. The van der Waals surface area contributed by atoms with E-state index in [0.29, 0.717) is 11.1 Å². The molecular formula is C46H34N4. The summed E-state index contributed by atoms with van der Waals surface area (Å²) in [5.74, 6) is 0. The molecule has 4 heterocycles. The highest BCUT2D eigenvalue weighted by molar-refractivity contribution is 6.13. The Hall–Kier alpha value is -6.62. The van der Waals surface area contributed by atoms with Gasteiger partial charge in [0.25, 0.3) is 0 Å². The van der Waals surface area contributed by atoms with Crippen LogP contribution in [0.3, 0.4) is 0 Å². The Kier molecular flexibility index (Phi) is 7.44. The topological polar surface area (TPSA) is 56.4 Å². The molecule has 0 unspecified atom stereocenters. The molecule has 0 saturated carbocycles. The summed E-state index contributed by atoms with van der Waals surface area (Å²) in [6, 6.07) is 47.3. The van der Waals surface area contributed by atoms with Gasteiger partial charge in [0.2, 0.25) is 0 Å². The van der Waals surface area contributed by atoms with E-state index in [9.17, 15) is 10.5 Å². The molecular weight excluding hydrogens is 609 g/mol. The monoisotopic (exact) mass is 642 g/mol. The SMILES string of the molecule is Cc1ccc(-c2c(-c3c(-c4ccc(C)cc4)c(-c4ccc(C)cc4)n4ccc(C#N)cc34)c3cc(C#N)ccn3c2-c2ccc(C)cc2)cc1. The summed E-state index contributed by atoms with van der Waals surface area (Å²) in [6.07, 6.45) is 4.05. The van der Waals surface area contributed by atoms with Crippen LogP contribution in [0.25, 0.3) is 66.9 Å². The van der Waals surface area contributed by atoms with Gasteiger partial charge in [0.1, 0.15) is 0 Å². The van der Waals surface area contributed by atoms with E-state index in [1.165, 1.54) is 22.3 Å². The zero-order valence-electron chi connectivity index (χ0n) is 28.5. The van der Waals surface area contributed by atoms with E-state index in [2.05, 4.69) is 146 Å². The molecule has 0 atom stereocenters. The minimum Gasteiger partial charge on any atom is -0.315 e. The Bertz CT molecular complexity index is 2470. The van der Waals surface area contributed by atoms with Crippen molar-refractivity contribution in [2.24, 2.45) is 0 Å². The highest BCUT2D eigenvalue weighted by Crippen LogP contribution is 2.52. The highest BCUT2D eigenvalue weighted by atomic mass is 14.9. The molecule has 0 bridgehead atoms. The first-order chi connectivity index (χ1) is 24.3. The van der Waals surface area contributed by atoms with Gasteiger partial charge in [-0.3, -0.25) is 0 Å². The van der Waals surface area contributed by atoms with Gasteiger partial charge in [0.05, 0.1) is 45.7 Å². The maximum Gasteiger partial charge on any atom is 0.0992 e. The van der Waals surface area contributed by atoms with E-state index in [4.69, 9.17) is 0 Å². The average molecular weight is 643 g/mol. The van der Waals surface area contributed by atoms with Crippen LogP contribution in [0, 0.1) is 50.4 Å². The molecule has 50 heavy (non-hydrogen) atoms. The normalized spacial score (nSPS) is 11.2. The van der Waals surface area contributed by atoms with Gasteiger partial charge in [-0.05, 0) is 74.2 Å². The first-order valence-electron chi connectivity index (χ1n) is 16.8. The predicted octanol–water partition coefficient (Wildman–Crippen LogP) is 11.5. The Balaban J connectivity index is 1.65. The Morgan fingerprint density at radius 2 is 0.680 bits per heavy atom. The molecule has 0 aliphatic carbocycles. The number of rotatable bonds is 5. The Morgan fingerprint density at radius 3 is 0.980 bits per heavy atom. The van der Waals surface area contributed by atoms with Crippen molar-refractivity contribution in [2.75, 3.05) is 0 Å². The number of pyridine rings is 2. The van der Waals surface area contributed by atoms with Gasteiger partial charge in [-0.15, -0.1) is 0 Å². The van der Waals surface area contributed by atoms with Gasteiger partial charge >= 0.3 is 0 Å². The van der Waals surface area contributed by atoms with Crippen molar-refractivity contribution in [1.82, 2.24) is 8.80 Å². The van der Waals surface area contributed by atoms with Crippen LogP contribution in [0.2, 0.25) is 0 Å². The molecule has 0 fully saturated rings. The second-order valence-electron chi connectivity index (χ2n) is 13.2. The molecule has 0 spiro atoms. The Morgan fingerprint density at radius 1 is 0.380 bits per heavy atom. The van der Waals surface area contributed by atoms with Gasteiger partial charge in [-0.1, -0.05) is 119 Å². The first-order valence-corrected chi connectivity index (χ1v) is 16.8. The van der Waals surface area contributed by atoms with Crippen LogP contribution in [-0.2, 0) is 0 Å². The average Bonchev–Trinajstić information content (AvgIpc) is 3.64. The summed E-state index contributed by atoms with van der Waals surface area (Å²) >= 11 is 0. The molecule has 4 aromatic carbocycles. The molecule has 8 aromatic rings. The van der Waals surface area contributed by atoms with Crippen LogP contribution in [0.4, 0.5) is 0 Å². The molecule has 4 aromatic heterocycles. The van der Waals surface area contributed by atoms with E-state index < -0.39 is 0 Å². The number of nitrogens with zero attached hydrogens (tertiary/aromatic N) is 4. The third-order valence-electron chi connectivity index (χ3n) is 9.72. The number of benzene rings is 4. The van der Waals surface area contributed by atoms with Gasteiger partial charge < -0.3 is 8.80 Å². The maximum absolute atomic E-state index is 10.2. The number of hydrogen-bond donors (Lipinski definition) is 0. The van der Waals surface area contributed by atoms with Crippen molar-refractivity contribution in [3.63, 3.8) is 0 Å². The molecule has 0 aliphatic rings. The molecule has 8 rings (SSSR count). The second-order valence-corrected chi connectivity index (χ2v) is 13.2. The third-order valence-corrected chi connectivity index (χ3v) is 9.72. The van der Waals surface area contributed by atoms with Crippen LogP contribution in [0.15, 0.2) is 134 Å². The van der Waals surface area contributed by atoms with Crippen LogP contribution >= 0.6 is 0 Å². The lowest BCUT2D eigenvalue weighted by atomic mass is 9.88. The van der Waals surface area contributed by atoms with Gasteiger partial charge in [0, 0.05) is 34.6 Å². The van der Waals surface area contributed by atoms with Gasteiger partial charge in [-0.25, -0.2) is 0 Å². The van der Waals surface area contributed by atoms with E-state index >= 15 is 0 Å². The van der Waals surface area contributed by atoms with Crippen molar-refractivity contribution in [1.29, 1.82) is 10.5 Å². The van der Waals surface area contributed by atoms with Gasteiger partial charge in [-0.2, -0.15) is 10.5 Å². The summed E-state index contributed by atoms with van der Waals surface area (Å²) in [4.78, 5) is 0. The zero-order valence-corrected chi connectivity index (χ0v) is 28.5. The molecule has 0 N–H and O–H groups in total. The third kappa shape index (κ3) is 5.07. The Labute approximate surface area is 292 Å². The fraction of sp³-hybridized carbons (Fsp3) is 0.0870. The minimum atomic E-state index is 0.582. The van der Waals surface area contributed by atoms with Crippen LogP contribution in [0.5, 0.6) is 0 Å². The summed E-state index contributed by atoms with van der Waals surface area (Å²) in [5, 5.41) is 20.4. The van der Waals surface area contributed by atoms with Crippen LogP contribution in [-0.4, -0.2) is 8.80 Å². The molecule has 238 valence electrons. The van der Waals surface area contributed by atoms with E-state index in [1.54, 1.807) is 0 Å². The highest BCUT2D eigenvalue weighted by Gasteiger charge is 2.30. The fourth-order valence-electron chi connectivity index (χ4n) is 7.15. The predicted molar refractivity (Wildman–Crippen MR) is 204 cm³/mol. The first kappa shape index (κ1) is 30.7. The van der Waals surface area contributed by atoms with E-state index in [0.717, 1.165) is 66.9 Å². The number of hydrogen-bond acceptors (Lipinski definition) is 2. The molecule has 4 nitrogen and oxygen atoms in total. The maximum atomic E-state index is 10.2. The molecule has 0 radical (unpaired) electrons. The standard InChI is InChI=1S/C46H34N4/c1-29-5-13-35(14-6-29)41-43(39-25-33(27-47)21-23-49(39)45(41)37-17-9-31(3)10-18-37)44-40-26-34(28-48)22-24-50(40)46(38-19-11-32(4)12-20-38)42(44)36-15-7-30(2)8-16-36/h5-26H,1-4H3. The van der Waals surface area contributed by atoms with Crippen molar-refractivity contribution in [3.8, 4) is 68.0 Å². The number of nitriles is 2. The summed E-state index contributed by atoms with van der Waals surface area (Å²) in [7, 11) is 0. The van der Waals surface area contributed by atoms with E-state index in [-0.39, 0.29) is 0 Å². The number of fused-ring (bicyclic) bond motifs is 2.